The van der Waals surface area contributed by atoms with E-state index in [-0.39, 0.29) is 18.0 Å². The Hall–Kier alpha value is -2.35. The molecule has 1 amide bonds. The average Bonchev–Trinajstić information content (AvgIpc) is 2.34. The third kappa shape index (κ3) is 4.43. The van der Waals surface area contributed by atoms with E-state index in [0.29, 0.717) is 12.8 Å². The van der Waals surface area contributed by atoms with Crippen LogP contribution in [0.25, 0.3) is 0 Å². The number of hydrogen-bond acceptors (Lipinski definition) is 2. The second-order valence-corrected chi connectivity index (χ2v) is 3.93. The molecule has 0 bridgehead atoms. The molecule has 5 heteroatoms. The van der Waals surface area contributed by atoms with Gasteiger partial charge in [-0.05, 0) is 25.0 Å². The molecule has 1 rings (SSSR count). The molecule has 0 aliphatic rings. The van der Waals surface area contributed by atoms with Crippen LogP contribution in [0.15, 0.2) is 18.2 Å². The van der Waals surface area contributed by atoms with Crippen molar-refractivity contribution in [2.75, 3.05) is 5.32 Å². The van der Waals surface area contributed by atoms with Gasteiger partial charge in [-0.25, -0.2) is 9.18 Å². The molecule has 0 saturated carbocycles. The highest BCUT2D eigenvalue weighted by Crippen LogP contribution is 2.19. The minimum atomic E-state index is -1.42. The van der Waals surface area contributed by atoms with Crippen molar-refractivity contribution in [3.8, 4) is 12.3 Å². The summed E-state index contributed by atoms with van der Waals surface area (Å²) in [4.78, 5) is 22.5. The first-order chi connectivity index (χ1) is 9.06. The van der Waals surface area contributed by atoms with Crippen LogP contribution in [0.3, 0.4) is 0 Å². The minimum absolute atomic E-state index is 0.0329. The zero-order valence-corrected chi connectivity index (χ0v) is 10.3. The number of unbranched alkanes of at least 4 members (excludes halogenated alkanes) is 2. The van der Waals surface area contributed by atoms with Crippen molar-refractivity contribution in [2.24, 2.45) is 0 Å². The van der Waals surface area contributed by atoms with Gasteiger partial charge in [0, 0.05) is 12.8 Å². The van der Waals surface area contributed by atoms with Gasteiger partial charge in [-0.15, -0.1) is 12.3 Å². The number of amides is 1. The van der Waals surface area contributed by atoms with Gasteiger partial charge in [-0.2, -0.15) is 0 Å². The second kappa shape index (κ2) is 7.17. The molecular weight excluding hydrogens is 249 g/mol. The molecule has 2 N–H and O–H groups in total. The van der Waals surface area contributed by atoms with E-state index in [2.05, 4.69) is 11.2 Å². The smallest absolute Gasteiger partial charge is 0.340 e. The Kier molecular flexibility index (Phi) is 5.55. The Morgan fingerprint density at radius 3 is 2.74 bits per heavy atom. The van der Waals surface area contributed by atoms with Gasteiger partial charge in [0.1, 0.15) is 11.4 Å². The predicted octanol–water partition coefficient (Wildman–Crippen LogP) is 2.66. The quantitative estimate of drug-likeness (QED) is 0.612. The molecule has 0 saturated heterocycles. The molecule has 0 radical (unpaired) electrons. The number of nitrogens with one attached hydrogen (secondary N) is 1. The van der Waals surface area contributed by atoms with E-state index in [1.54, 1.807) is 0 Å². The Balaban J connectivity index is 2.67. The molecule has 0 atom stereocenters. The van der Waals surface area contributed by atoms with Crippen LogP contribution in [-0.4, -0.2) is 17.0 Å². The first-order valence-electron chi connectivity index (χ1n) is 5.81. The van der Waals surface area contributed by atoms with Gasteiger partial charge in [0.05, 0.1) is 5.69 Å². The van der Waals surface area contributed by atoms with Gasteiger partial charge in [-0.1, -0.05) is 6.07 Å². The number of benzene rings is 1. The molecule has 1 aromatic rings. The van der Waals surface area contributed by atoms with Crippen LogP contribution in [0.4, 0.5) is 10.1 Å². The zero-order valence-electron chi connectivity index (χ0n) is 10.3. The fraction of sp³-hybridized carbons (Fsp3) is 0.286. The van der Waals surface area contributed by atoms with Gasteiger partial charge in [0.25, 0.3) is 0 Å². The van der Waals surface area contributed by atoms with E-state index in [1.807, 2.05) is 0 Å². The normalized spacial score (nSPS) is 9.68. The maximum atomic E-state index is 13.3. The molecule has 19 heavy (non-hydrogen) atoms. The van der Waals surface area contributed by atoms with Gasteiger partial charge < -0.3 is 10.4 Å². The second-order valence-electron chi connectivity index (χ2n) is 3.93. The van der Waals surface area contributed by atoms with E-state index in [1.165, 1.54) is 12.1 Å². The van der Waals surface area contributed by atoms with Crippen LogP contribution < -0.4 is 5.32 Å². The highest BCUT2D eigenvalue weighted by Gasteiger charge is 2.16. The largest absolute Gasteiger partial charge is 0.478 e. The molecule has 100 valence electrons. The minimum Gasteiger partial charge on any atom is -0.478 e. The standard InChI is InChI=1S/C14H14FNO3/c1-2-3-4-5-9-12(17)16-11-8-6-7-10(15)13(11)14(18)19/h1,6-8H,3-5,9H2,(H,16,17)(H,18,19). The van der Waals surface area contributed by atoms with Crippen molar-refractivity contribution in [1.29, 1.82) is 0 Å². The fourth-order valence-electron chi connectivity index (χ4n) is 1.57. The molecule has 0 unspecified atom stereocenters. The molecule has 0 aliphatic carbocycles. The molecular formula is C14H14FNO3. The van der Waals surface area contributed by atoms with Crippen molar-refractivity contribution >= 4 is 17.6 Å². The van der Waals surface area contributed by atoms with Gasteiger partial charge >= 0.3 is 5.97 Å². The Morgan fingerprint density at radius 2 is 2.11 bits per heavy atom. The van der Waals surface area contributed by atoms with Crippen LogP contribution in [0.5, 0.6) is 0 Å². The summed E-state index contributed by atoms with van der Waals surface area (Å²) in [5.41, 5.74) is -0.561. The monoisotopic (exact) mass is 263 g/mol. The van der Waals surface area contributed by atoms with Crippen molar-refractivity contribution in [3.63, 3.8) is 0 Å². The Morgan fingerprint density at radius 1 is 1.37 bits per heavy atom. The predicted molar refractivity (Wildman–Crippen MR) is 69.3 cm³/mol. The molecule has 0 fully saturated rings. The molecule has 0 aromatic heterocycles. The summed E-state index contributed by atoms with van der Waals surface area (Å²) >= 11 is 0. The fourth-order valence-corrected chi connectivity index (χ4v) is 1.57. The molecule has 0 aliphatic heterocycles. The van der Waals surface area contributed by atoms with Crippen molar-refractivity contribution in [2.45, 2.75) is 25.7 Å². The average molecular weight is 263 g/mol. The van der Waals surface area contributed by atoms with Gasteiger partial charge in [0.2, 0.25) is 5.91 Å². The van der Waals surface area contributed by atoms with Crippen LogP contribution in [-0.2, 0) is 4.79 Å². The van der Waals surface area contributed by atoms with Crippen LogP contribution in [0.2, 0.25) is 0 Å². The van der Waals surface area contributed by atoms with Crippen molar-refractivity contribution in [3.05, 3.63) is 29.6 Å². The molecule has 0 heterocycles. The number of carbonyl (C=O) groups excluding carboxylic acids is 1. The van der Waals surface area contributed by atoms with Crippen molar-refractivity contribution < 1.29 is 19.1 Å². The summed E-state index contributed by atoms with van der Waals surface area (Å²) in [5.74, 6) is -0.186. The third-order valence-electron chi connectivity index (χ3n) is 2.48. The number of rotatable bonds is 6. The SMILES string of the molecule is C#CCCCCC(=O)Nc1cccc(F)c1C(=O)O. The van der Waals surface area contributed by atoms with E-state index in [0.717, 1.165) is 12.5 Å². The number of carboxylic acids is 1. The van der Waals surface area contributed by atoms with Crippen molar-refractivity contribution in [1.82, 2.24) is 0 Å². The summed E-state index contributed by atoms with van der Waals surface area (Å²) < 4.78 is 13.3. The zero-order chi connectivity index (χ0) is 14.3. The Labute approximate surface area is 110 Å². The summed E-state index contributed by atoms with van der Waals surface area (Å²) in [6.07, 6.45) is 7.22. The summed E-state index contributed by atoms with van der Waals surface area (Å²) in [6, 6.07) is 3.73. The molecule has 0 spiro atoms. The lowest BCUT2D eigenvalue weighted by Crippen LogP contribution is -2.15. The number of halogens is 1. The van der Waals surface area contributed by atoms with Crippen LogP contribution >= 0.6 is 0 Å². The maximum Gasteiger partial charge on any atom is 0.340 e. The van der Waals surface area contributed by atoms with E-state index in [4.69, 9.17) is 11.5 Å². The lowest BCUT2D eigenvalue weighted by molar-refractivity contribution is -0.116. The van der Waals surface area contributed by atoms with E-state index in [9.17, 15) is 14.0 Å². The van der Waals surface area contributed by atoms with E-state index >= 15 is 0 Å². The lowest BCUT2D eigenvalue weighted by atomic mass is 10.1. The number of carboxylic acid groups (broad SMARTS) is 1. The first-order valence-corrected chi connectivity index (χ1v) is 5.81. The molecule has 1 aromatic carbocycles. The number of aromatic carboxylic acids is 1. The summed E-state index contributed by atoms with van der Waals surface area (Å²) in [5, 5.41) is 11.3. The van der Waals surface area contributed by atoms with E-state index < -0.39 is 17.3 Å². The Bertz CT molecular complexity index is 520. The highest BCUT2D eigenvalue weighted by atomic mass is 19.1. The number of terminal acetylenes is 1. The first kappa shape index (κ1) is 14.7. The number of hydrogen-bond donors (Lipinski definition) is 2. The summed E-state index contributed by atoms with van der Waals surface area (Å²) in [6.45, 7) is 0. The highest BCUT2D eigenvalue weighted by molar-refractivity contribution is 6.00. The van der Waals surface area contributed by atoms with Crippen LogP contribution in [0.1, 0.15) is 36.0 Å². The maximum absolute atomic E-state index is 13.3. The topological polar surface area (TPSA) is 66.4 Å². The lowest BCUT2D eigenvalue weighted by Gasteiger charge is -2.08. The van der Waals surface area contributed by atoms with Crippen LogP contribution in [0, 0.1) is 18.2 Å². The molecule has 4 nitrogen and oxygen atoms in total. The number of carbonyl (C=O) groups is 2. The van der Waals surface area contributed by atoms with Gasteiger partial charge in [0.15, 0.2) is 0 Å². The summed E-state index contributed by atoms with van der Waals surface area (Å²) in [7, 11) is 0. The number of anilines is 1. The third-order valence-corrected chi connectivity index (χ3v) is 2.48. The van der Waals surface area contributed by atoms with Gasteiger partial charge in [-0.3, -0.25) is 4.79 Å².